The SMILES string of the molecule is COc1ccc(NC(C)c2ccc(I)cc2)cc1O. The smallest absolute Gasteiger partial charge is 0.160 e. The third-order valence-electron chi connectivity index (χ3n) is 2.93. The average Bonchev–Trinajstić information content (AvgIpc) is 2.39. The van der Waals surface area contributed by atoms with Crippen molar-refractivity contribution in [3.63, 3.8) is 0 Å². The first-order valence-electron chi connectivity index (χ1n) is 5.99. The van der Waals surface area contributed by atoms with Crippen molar-refractivity contribution in [3.8, 4) is 11.5 Å². The van der Waals surface area contributed by atoms with Gasteiger partial charge >= 0.3 is 0 Å². The van der Waals surface area contributed by atoms with Crippen LogP contribution >= 0.6 is 22.6 Å². The quantitative estimate of drug-likeness (QED) is 0.795. The van der Waals surface area contributed by atoms with Crippen molar-refractivity contribution >= 4 is 28.3 Å². The number of phenols is 1. The molecule has 0 heterocycles. The number of ether oxygens (including phenoxy) is 1. The highest BCUT2D eigenvalue weighted by atomic mass is 127. The summed E-state index contributed by atoms with van der Waals surface area (Å²) in [7, 11) is 1.54. The van der Waals surface area contributed by atoms with Crippen LogP contribution in [0.15, 0.2) is 42.5 Å². The number of rotatable bonds is 4. The maximum atomic E-state index is 9.75. The van der Waals surface area contributed by atoms with Gasteiger partial charge in [0.2, 0.25) is 0 Å². The van der Waals surface area contributed by atoms with E-state index >= 15 is 0 Å². The van der Waals surface area contributed by atoms with Crippen LogP contribution in [0.3, 0.4) is 0 Å². The van der Waals surface area contributed by atoms with Crippen molar-refractivity contribution in [2.45, 2.75) is 13.0 Å². The second-order valence-electron chi connectivity index (χ2n) is 4.30. The molecule has 2 N–H and O–H groups in total. The summed E-state index contributed by atoms with van der Waals surface area (Å²) >= 11 is 2.29. The van der Waals surface area contributed by atoms with Crippen molar-refractivity contribution in [3.05, 3.63) is 51.6 Å². The standard InChI is InChI=1S/C15H16INO2/c1-10(11-3-5-12(16)6-4-11)17-13-7-8-15(19-2)14(18)9-13/h3-10,17-18H,1-2H3. The number of anilines is 1. The molecule has 1 atom stereocenters. The van der Waals surface area contributed by atoms with Crippen LogP contribution in [0, 0.1) is 3.57 Å². The zero-order valence-electron chi connectivity index (χ0n) is 10.9. The molecule has 0 fully saturated rings. The van der Waals surface area contributed by atoms with E-state index in [2.05, 4.69) is 59.1 Å². The molecular formula is C15H16INO2. The summed E-state index contributed by atoms with van der Waals surface area (Å²) in [4.78, 5) is 0. The van der Waals surface area contributed by atoms with Gasteiger partial charge in [0, 0.05) is 21.4 Å². The van der Waals surface area contributed by atoms with Crippen molar-refractivity contribution in [2.75, 3.05) is 12.4 Å². The van der Waals surface area contributed by atoms with E-state index in [0.717, 1.165) is 5.69 Å². The Kier molecular flexibility index (Phi) is 4.52. The number of aromatic hydroxyl groups is 1. The third kappa shape index (κ3) is 3.53. The fourth-order valence-electron chi connectivity index (χ4n) is 1.86. The van der Waals surface area contributed by atoms with E-state index in [1.165, 1.54) is 16.2 Å². The minimum absolute atomic E-state index is 0.141. The summed E-state index contributed by atoms with van der Waals surface area (Å²) in [6.07, 6.45) is 0. The molecule has 0 spiro atoms. The van der Waals surface area contributed by atoms with Gasteiger partial charge in [-0.2, -0.15) is 0 Å². The molecule has 0 amide bonds. The molecule has 19 heavy (non-hydrogen) atoms. The Hall–Kier alpha value is -1.43. The molecule has 0 aliphatic carbocycles. The topological polar surface area (TPSA) is 41.5 Å². The van der Waals surface area contributed by atoms with Crippen LogP contribution in [0.2, 0.25) is 0 Å². The monoisotopic (exact) mass is 369 g/mol. The van der Waals surface area contributed by atoms with Gasteiger partial charge in [-0.05, 0) is 59.3 Å². The molecule has 3 nitrogen and oxygen atoms in total. The zero-order valence-corrected chi connectivity index (χ0v) is 13.0. The lowest BCUT2D eigenvalue weighted by Crippen LogP contribution is -2.06. The van der Waals surface area contributed by atoms with Crippen LogP contribution in [0.1, 0.15) is 18.5 Å². The Morgan fingerprint density at radius 2 is 1.84 bits per heavy atom. The summed E-state index contributed by atoms with van der Waals surface area (Å²) in [5.74, 6) is 0.620. The minimum Gasteiger partial charge on any atom is -0.504 e. The molecule has 100 valence electrons. The van der Waals surface area contributed by atoms with E-state index in [1.54, 1.807) is 12.1 Å². The molecule has 0 aromatic heterocycles. The third-order valence-corrected chi connectivity index (χ3v) is 3.65. The van der Waals surface area contributed by atoms with Gasteiger partial charge in [0.1, 0.15) is 0 Å². The molecule has 0 aliphatic heterocycles. The fourth-order valence-corrected chi connectivity index (χ4v) is 2.22. The van der Waals surface area contributed by atoms with Gasteiger partial charge < -0.3 is 15.2 Å². The van der Waals surface area contributed by atoms with Gasteiger partial charge in [0.25, 0.3) is 0 Å². The number of hydrogen-bond donors (Lipinski definition) is 2. The maximum absolute atomic E-state index is 9.75. The van der Waals surface area contributed by atoms with Crippen LogP contribution in [0.4, 0.5) is 5.69 Å². The molecule has 4 heteroatoms. The molecular weight excluding hydrogens is 353 g/mol. The van der Waals surface area contributed by atoms with Gasteiger partial charge in [-0.1, -0.05) is 12.1 Å². The summed E-state index contributed by atoms with van der Waals surface area (Å²) < 4.78 is 6.24. The first kappa shape index (κ1) is 14.0. The summed E-state index contributed by atoms with van der Waals surface area (Å²) in [6.45, 7) is 2.09. The Bertz CT molecular complexity index is 555. The van der Waals surface area contributed by atoms with Gasteiger partial charge in [0.15, 0.2) is 11.5 Å². The summed E-state index contributed by atoms with van der Waals surface area (Å²) in [6, 6.07) is 13.8. The number of benzene rings is 2. The number of methoxy groups -OCH3 is 1. The van der Waals surface area contributed by atoms with E-state index in [-0.39, 0.29) is 11.8 Å². The van der Waals surface area contributed by atoms with E-state index in [9.17, 15) is 5.11 Å². The zero-order chi connectivity index (χ0) is 13.8. The molecule has 0 saturated heterocycles. The van der Waals surface area contributed by atoms with Crippen LogP contribution in [-0.2, 0) is 0 Å². The molecule has 2 rings (SSSR count). The maximum Gasteiger partial charge on any atom is 0.160 e. The number of halogens is 1. The highest BCUT2D eigenvalue weighted by molar-refractivity contribution is 14.1. The minimum atomic E-state index is 0.141. The first-order valence-corrected chi connectivity index (χ1v) is 7.07. The van der Waals surface area contributed by atoms with Gasteiger partial charge in [0.05, 0.1) is 7.11 Å². The van der Waals surface area contributed by atoms with Crippen molar-refractivity contribution in [1.29, 1.82) is 0 Å². The molecule has 2 aromatic carbocycles. The largest absolute Gasteiger partial charge is 0.504 e. The fraction of sp³-hybridized carbons (Fsp3) is 0.200. The van der Waals surface area contributed by atoms with Gasteiger partial charge in [-0.3, -0.25) is 0 Å². The van der Waals surface area contributed by atoms with E-state index < -0.39 is 0 Å². The van der Waals surface area contributed by atoms with Crippen LogP contribution < -0.4 is 10.1 Å². The Labute approximate surface area is 126 Å². The predicted octanol–water partition coefficient (Wildman–Crippen LogP) is 4.18. The highest BCUT2D eigenvalue weighted by Crippen LogP contribution is 2.30. The lowest BCUT2D eigenvalue weighted by Gasteiger charge is -2.16. The summed E-state index contributed by atoms with van der Waals surface area (Å²) in [5, 5.41) is 13.1. The first-order chi connectivity index (χ1) is 9.10. The van der Waals surface area contributed by atoms with E-state index in [1.807, 2.05) is 6.07 Å². The Morgan fingerprint density at radius 1 is 1.16 bits per heavy atom. The molecule has 0 aliphatic rings. The molecule has 0 radical (unpaired) electrons. The summed E-state index contributed by atoms with van der Waals surface area (Å²) in [5.41, 5.74) is 2.07. The normalized spacial score (nSPS) is 11.9. The van der Waals surface area contributed by atoms with E-state index in [4.69, 9.17) is 4.74 Å². The number of nitrogens with one attached hydrogen (secondary N) is 1. The molecule has 2 aromatic rings. The van der Waals surface area contributed by atoms with Gasteiger partial charge in [-0.25, -0.2) is 0 Å². The van der Waals surface area contributed by atoms with Gasteiger partial charge in [-0.15, -0.1) is 0 Å². The van der Waals surface area contributed by atoms with Crippen LogP contribution in [0.5, 0.6) is 11.5 Å². The van der Waals surface area contributed by atoms with E-state index in [0.29, 0.717) is 5.75 Å². The average molecular weight is 369 g/mol. The number of hydrogen-bond acceptors (Lipinski definition) is 3. The lowest BCUT2D eigenvalue weighted by atomic mass is 10.1. The Balaban J connectivity index is 2.12. The molecule has 0 saturated carbocycles. The predicted molar refractivity (Wildman–Crippen MR) is 85.9 cm³/mol. The molecule has 0 bridgehead atoms. The van der Waals surface area contributed by atoms with Crippen LogP contribution in [-0.4, -0.2) is 12.2 Å². The van der Waals surface area contributed by atoms with Crippen molar-refractivity contribution in [2.24, 2.45) is 0 Å². The van der Waals surface area contributed by atoms with Crippen molar-refractivity contribution in [1.82, 2.24) is 0 Å². The number of phenolic OH excluding ortho intramolecular Hbond substituents is 1. The lowest BCUT2D eigenvalue weighted by molar-refractivity contribution is 0.373. The van der Waals surface area contributed by atoms with Crippen LogP contribution in [0.25, 0.3) is 0 Å². The Morgan fingerprint density at radius 3 is 2.42 bits per heavy atom. The second-order valence-corrected chi connectivity index (χ2v) is 5.55. The highest BCUT2D eigenvalue weighted by Gasteiger charge is 2.07. The molecule has 1 unspecified atom stereocenters. The van der Waals surface area contributed by atoms with Crippen molar-refractivity contribution < 1.29 is 9.84 Å². The second kappa shape index (κ2) is 6.14.